The van der Waals surface area contributed by atoms with Gasteiger partial charge in [0.1, 0.15) is 6.04 Å². The fraction of sp³-hybridized carbons (Fsp3) is 0.208. The lowest BCUT2D eigenvalue weighted by Crippen LogP contribution is -2.48. The van der Waals surface area contributed by atoms with Gasteiger partial charge in [0.15, 0.2) is 0 Å². The molecule has 0 saturated heterocycles. The number of rotatable bonds is 9. The van der Waals surface area contributed by atoms with Crippen molar-refractivity contribution >= 4 is 15.9 Å². The first-order valence-corrected chi connectivity index (χ1v) is 11.4. The van der Waals surface area contributed by atoms with Gasteiger partial charge in [-0.3, -0.25) is 4.79 Å². The smallest absolute Gasteiger partial charge is 0.241 e. The van der Waals surface area contributed by atoms with Crippen LogP contribution in [-0.4, -0.2) is 26.9 Å². The Morgan fingerprint density at radius 3 is 2.00 bits per heavy atom. The molecule has 6 heteroatoms. The lowest BCUT2D eigenvalue weighted by molar-refractivity contribution is -0.122. The number of sulfonamides is 1. The average molecular weight is 423 g/mol. The summed E-state index contributed by atoms with van der Waals surface area (Å²) in [6.07, 6.45) is 0.943. The van der Waals surface area contributed by atoms with Crippen LogP contribution in [0.1, 0.15) is 16.7 Å². The molecule has 0 unspecified atom stereocenters. The Bertz CT molecular complexity index is 1050. The molecule has 0 aliphatic heterocycles. The van der Waals surface area contributed by atoms with Crippen LogP contribution in [0.4, 0.5) is 0 Å². The number of hydrogen-bond donors (Lipinski definition) is 2. The first kappa shape index (κ1) is 21.7. The summed E-state index contributed by atoms with van der Waals surface area (Å²) < 4.78 is 28.3. The molecule has 0 radical (unpaired) electrons. The third kappa shape index (κ3) is 6.27. The lowest BCUT2D eigenvalue weighted by atomic mass is 10.1. The van der Waals surface area contributed by atoms with Gasteiger partial charge in [-0.25, -0.2) is 8.42 Å². The van der Waals surface area contributed by atoms with Crippen LogP contribution in [0.2, 0.25) is 0 Å². The highest BCUT2D eigenvalue weighted by Crippen LogP contribution is 2.12. The zero-order valence-corrected chi connectivity index (χ0v) is 17.7. The summed E-state index contributed by atoms with van der Waals surface area (Å²) in [7, 11) is -3.83. The predicted molar refractivity (Wildman–Crippen MR) is 119 cm³/mol. The second-order valence-corrected chi connectivity index (χ2v) is 8.92. The van der Waals surface area contributed by atoms with Gasteiger partial charge < -0.3 is 5.32 Å². The predicted octanol–water partition coefficient (Wildman–Crippen LogP) is 3.24. The normalized spacial score (nSPS) is 12.3. The van der Waals surface area contributed by atoms with Crippen LogP contribution in [0, 0.1) is 6.92 Å². The Balaban J connectivity index is 1.72. The SMILES string of the molecule is Cc1ccc(S(=O)(=O)N[C@@H](Cc2ccccc2)C(=O)NCCc2ccccc2)cc1. The van der Waals surface area contributed by atoms with Crippen molar-refractivity contribution in [3.8, 4) is 0 Å². The molecular weight excluding hydrogens is 396 g/mol. The summed E-state index contributed by atoms with van der Waals surface area (Å²) in [6.45, 7) is 2.32. The van der Waals surface area contributed by atoms with Gasteiger partial charge in [-0.2, -0.15) is 4.72 Å². The molecule has 0 bridgehead atoms. The highest BCUT2D eigenvalue weighted by molar-refractivity contribution is 7.89. The first-order chi connectivity index (χ1) is 14.4. The number of amides is 1. The van der Waals surface area contributed by atoms with E-state index in [9.17, 15) is 13.2 Å². The van der Waals surface area contributed by atoms with Crippen LogP contribution in [0.25, 0.3) is 0 Å². The molecule has 3 rings (SSSR count). The molecule has 1 atom stereocenters. The number of aryl methyl sites for hydroxylation is 1. The molecule has 5 nitrogen and oxygen atoms in total. The lowest BCUT2D eigenvalue weighted by Gasteiger charge is -2.19. The summed E-state index contributed by atoms with van der Waals surface area (Å²) in [6, 6.07) is 24.9. The van der Waals surface area contributed by atoms with Crippen LogP contribution in [0.5, 0.6) is 0 Å². The Labute approximate surface area is 178 Å². The number of nitrogens with one attached hydrogen (secondary N) is 2. The molecular formula is C24H26N2O3S. The maximum Gasteiger partial charge on any atom is 0.241 e. The zero-order chi connectivity index (χ0) is 21.4. The van der Waals surface area contributed by atoms with Crippen molar-refractivity contribution in [2.75, 3.05) is 6.54 Å². The van der Waals surface area contributed by atoms with Crippen molar-refractivity contribution in [3.63, 3.8) is 0 Å². The van der Waals surface area contributed by atoms with Gasteiger partial charge in [-0.05, 0) is 43.0 Å². The fourth-order valence-electron chi connectivity index (χ4n) is 3.11. The van der Waals surface area contributed by atoms with Crippen molar-refractivity contribution in [2.24, 2.45) is 0 Å². The van der Waals surface area contributed by atoms with Crippen LogP contribution in [0.15, 0.2) is 89.8 Å². The van der Waals surface area contributed by atoms with Gasteiger partial charge in [0.25, 0.3) is 0 Å². The molecule has 3 aromatic carbocycles. The van der Waals surface area contributed by atoms with E-state index in [4.69, 9.17) is 0 Å². The second-order valence-electron chi connectivity index (χ2n) is 7.20. The van der Waals surface area contributed by atoms with Crippen molar-refractivity contribution in [1.29, 1.82) is 0 Å². The van der Waals surface area contributed by atoms with Crippen LogP contribution in [-0.2, 0) is 27.7 Å². The van der Waals surface area contributed by atoms with E-state index in [-0.39, 0.29) is 17.2 Å². The third-order valence-electron chi connectivity index (χ3n) is 4.78. The van der Waals surface area contributed by atoms with E-state index in [1.54, 1.807) is 24.3 Å². The Hall–Kier alpha value is -2.96. The zero-order valence-electron chi connectivity index (χ0n) is 16.9. The van der Waals surface area contributed by atoms with E-state index in [0.717, 1.165) is 16.7 Å². The molecule has 0 saturated carbocycles. The van der Waals surface area contributed by atoms with Gasteiger partial charge in [0.05, 0.1) is 4.90 Å². The molecule has 30 heavy (non-hydrogen) atoms. The maximum atomic E-state index is 12.9. The van der Waals surface area contributed by atoms with Crippen molar-refractivity contribution in [1.82, 2.24) is 10.0 Å². The van der Waals surface area contributed by atoms with Gasteiger partial charge in [0.2, 0.25) is 15.9 Å². The van der Waals surface area contributed by atoms with Gasteiger partial charge in [0, 0.05) is 6.54 Å². The molecule has 0 aromatic heterocycles. The summed E-state index contributed by atoms with van der Waals surface area (Å²) >= 11 is 0. The standard InChI is InChI=1S/C24H26N2O3S/c1-19-12-14-22(15-13-19)30(28,29)26-23(18-21-10-6-3-7-11-21)24(27)25-17-16-20-8-4-2-5-9-20/h2-15,23,26H,16-18H2,1H3,(H,25,27)/t23-/m0/s1. The van der Waals surface area contributed by atoms with Crippen molar-refractivity contribution in [2.45, 2.75) is 30.7 Å². The Morgan fingerprint density at radius 2 is 1.40 bits per heavy atom. The molecule has 0 aliphatic carbocycles. The van der Waals surface area contributed by atoms with Crippen LogP contribution >= 0.6 is 0 Å². The van der Waals surface area contributed by atoms with Crippen LogP contribution < -0.4 is 10.0 Å². The molecule has 156 valence electrons. The van der Waals surface area contributed by atoms with E-state index in [2.05, 4.69) is 10.0 Å². The number of carbonyl (C=O) groups excluding carboxylic acids is 1. The average Bonchev–Trinajstić information content (AvgIpc) is 2.75. The number of hydrogen-bond acceptors (Lipinski definition) is 3. The largest absolute Gasteiger partial charge is 0.354 e. The summed E-state index contributed by atoms with van der Waals surface area (Å²) in [4.78, 5) is 13.0. The summed E-state index contributed by atoms with van der Waals surface area (Å²) in [5, 5.41) is 2.87. The van der Waals surface area contributed by atoms with Gasteiger partial charge in [-0.1, -0.05) is 78.4 Å². The van der Waals surface area contributed by atoms with Crippen LogP contribution in [0.3, 0.4) is 0 Å². The molecule has 0 fully saturated rings. The van der Waals surface area contributed by atoms with Crippen molar-refractivity contribution < 1.29 is 13.2 Å². The molecule has 0 heterocycles. The first-order valence-electron chi connectivity index (χ1n) is 9.88. The molecule has 1 amide bonds. The van der Waals surface area contributed by atoms with Gasteiger partial charge in [-0.15, -0.1) is 0 Å². The quantitative estimate of drug-likeness (QED) is 0.556. The topological polar surface area (TPSA) is 75.3 Å². The van der Waals surface area contributed by atoms with E-state index in [0.29, 0.717) is 13.0 Å². The minimum Gasteiger partial charge on any atom is -0.354 e. The van der Waals surface area contributed by atoms with Crippen molar-refractivity contribution in [3.05, 3.63) is 102 Å². The fourth-order valence-corrected chi connectivity index (χ4v) is 4.30. The maximum absolute atomic E-state index is 12.9. The molecule has 0 spiro atoms. The van der Waals surface area contributed by atoms with E-state index in [1.807, 2.05) is 67.6 Å². The highest BCUT2D eigenvalue weighted by Gasteiger charge is 2.25. The number of benzene rings is 3. The number of carbonyl (C=O) groups is 1. The van der Waals surface area contributed by atoms with E-state index in [1.165, 1.54) is 0 Å². The van der Waals surface area contributed by atoms with E-state index >= 15 is 0 Å². The molecule has 3 aromatic rings. The highest BCUT2D eigenvalue weighted by atomic mass is 32.2. The minimum absolute atomic E-state index is 0.142. The summed E-state index contributed by atoms with van der Waals surface area (Å²) in [5.41, 5.74) is 2.96. The summed E-state index contributed by atoms with van der Waals surface area (Å²) in [5.74, 6) is -0.342. The Kier molecular flexibility index (Phi) is 7.38. The Morgan fingerprint density at radius 1 is 0.833 bits per heavy atom. The minimum atomic E-state index is -3.83. The molecule has 2 N–H and O–H groups in total. The third-order valence-corrected chi connectivity index (χ3v) is 6.27. The second kappa shape index (κ2) is 10.2. The van der Waals surface area contributed by atoms with Gasteiger partial charge >= 0.3 is 0 Å². The van der Waals surface area contributed by atoms with E-state index < -0.39 is 16.1 Å². The monoisotopic (exact) mass is 422 g/mol. The molecule has 0 aliphatic rings.